The summed E-state index contributed by atoms with van der Waals surface area (Å²) in [6.45, 7) is 9.49. The molecule has 1 spiro atoms. The molecule has 1 nitrogen and oxygen atoms in total. The van der Waals surface area contributed by atoms with Crippen LogP contribution in [-0.4, -0.2) is 5.78 Å². The Labute approximate surface area is 99.3 Å². The van der Waals surface area contributed by atoms with Crippen molar-refractivity contribution in [2.45, 2.75) is 59.8 Å². The van der Waals surface area contributed by atoms with Gasteiger partial charge in [0.1, 0.15) is 0 Å². The summed E-state index contributed by atoms with van der Waals surface area (Å²) in [5.74, 6) is 0.331. The molecule has 16 heavy (non-hydrogen) atoms. The molecule has 2 aliphatic rings. The molecule has 1 fully saturated rings. The van der Waals surface area contributed by atoms with E-state index in [-0.39, 0.29) is 10.8 Å². The zero-order chi connectivity index (χ0) is 12.0. The highest BCUT2D eigenvalue weighted by atomic mass is 16.1. The third kappa shape index (κ3) is 1.48. The third-order valence-electron chi connectivity index (χ3n) is 5.80. The second kappa shape index (κ2) is 3.45. The molecule has 0 aromatic heterocycles. The fourth-order valence-corrected chi connectivity index (χ4v) is 3.76. The van der Waals surface area contributed by atoms with Gasteiger partial charge in [0.05, 0.1) is 0 Å². The van der Waals surface area contributed by atoms with Crippen LogP contribution in [0.4, 0.5) is 0 Å². The van der Waals surface area contributed by atoms with Gasteiger partial charge in [-0.15, -0.1) is 0 Å². The quantitative estimate of drug-likeness (QED) is 0.600. The maximum atomic E-state index is 11.7. The molecule has 0 radical (unpaired) electrons. The fourth-order valence-electron chi connectivity index (χ4n) is 3.76. The van der Waals surface area contributed by atoms with Gasteiger partial charge in [0.15, 0.2) is 5.78 Å². The van der Waals surface area contributed by atoms with Gasteiger partial charge in [0.2, 0.25) is 0 Å². The van der Waals surface area contributed by atoms with Gasteiger partial charge < -0.3 is 0 Å². The van der Waals surface area contributed by atoms with E-state index in [1.54, 1.807) is 6.08 Å². The lowest BCUT2D eigenvalue weighted by Crippen LogP contribution is -2.52. The van der Waals surface area contributed by atoms with Crippen molar-refractivity contribution < 1.29 is 4.79 Å². The minimum absolute atomic E-state index is 0.223. The van der Waals surface area contributed by atoms with Crippen molar-refractivity contribution in [3.05, 3.63) is 12.2 Å². The number of hydrogen-bond donors (Lipinski definition) is 0. The summed E-state index contributed by atoms with van der Waals surface area (Å²) in [7, 11) is 0. The molecule has 2 aliphatic carbocycles. The Morgan fingerprint density at radius 1 is 1.12 bits per heavy atom. The lowest BCUT2D eigenvalue weighted by molar-refractivity contribution is -0.130. The molecule has 0 saturated heterocycles. The molecule has 1 unspecified atom stereocenters. The first kappa shape index (κ1) is 11.9. The smallest absolute Gasteiger partial charge is 0.155 e. The number of rotatable bonds is 0. The van der Waals surface area contributed by atoms with Crippen molar-refractivity contribution in [2.24, 2.45) is 16.2 Å². The number of carbonyl (C=O) groups excluding carboxylic acids is 1. The van der Waals surface area contributed by atoms with E-state index in [4.69, 9.17) is 0 Å². The van der Waals surface area contributed by atoms with E-state index >= 15 is 0 Å². The van der Waals surface area contributed by atoms with Gasteiger partial charge in [0, 0.05) is 6.42 Å². The molecule has 1 saturated carbocycles. The molecular formula is C15H24O. The fraction of sp³-hybridized carbons (Fsp3) is 0.800. The van der Waals surface area contributed by atoms with Crippen molar-refractivity contribution in [3.63, 3.8) is 0 Å². The van der Waals surface area contributed by atoms with E-state index in [0.29, 0.717) is 11.2 Å². The number of carbonyl (C=O) groups is 1. The van der Waals surface area contributed by atoms with E-state index in [1.807, 2.05) is 0 Å². The van der Waals surface area contributed by atoms with Gasteiger partial charge in [-0.05, 0) is 41.6 Å². The first-order valence-corrected chi connectivity index (χ1v) is 6.50. The predicted molar refractivity (Wildman–Crippen MR) is 67.2 cm³/mol. The van der Waals surface area contributed by atoms with E-state index in [0.717, 1.165) is 12.8 Å². The predicted octanol–water partition coefficient (Wildman–Crippen LogP) is 4.13. The van der Waals surface area contributed by atoms with Gasteiger partial charge in [-0.25, -0.2) is 0 Å². The maximum Gasteiger partial charge on any atom is 0.155 e. The number of hydrogen-bond acceptors (Lipinski definition) is 1. The lowest BCUT2D eigenvalue weighted by Gasteiger charge is -2.59. The molecule has 0 heterocycles. The van der Waals surface area contributed by atoms with Crippen LogP contribution in [0.2, 0.25) is 0 Å². The molecule has 1 heteroatoms. The standard InChI is InChI=1S/C15H24O/c1-13(2)8-6-10-15(14(13,3)4)9-5-7-12(16)11-15/h5,7H,6,8-11H2,1-4H3. The highest BCUT2D eigenvalue weighted by Gasteiger charge is 2.55. The maximum absolute atomic E-state index is 11.7. The molecule has 0 bridgehead atoms. The summed E-state index contributed by atoms with van der Waals surface area (Å²) in [6, 6.07) is 0. The van der Waals surface area contributed by atoms with E-state index in [1.165, 1.54) is 19.3 Å². The zero-order valence-corrected chi connectivity index (χ0v) is 11.1. The van der Waals surface area contributed by atoms with Crippen LogP contribution < -0.4 is 0 Å². The van der Waals surface area contributed by atoms with E-state index in [9.17, 15) is 4.79 Å². The lowest BCUT2D eigenvalue weighted by atomic mass is 9.45. The van der Waals surface area contributed by atoms with Gasteiger partial charge in [0.25, 0.3) is 0 Å². The summed E-state index contributed by atoms with van der Waals surface area (Å²) >= 11 is 0. The van der Waals surface area contributed by atoms with Gasteiger partial charge in [-0.3, -0.25) is 4.79 Å². The second-order valence-electron chi connectivity index (χ2n) is 6.89. The largest absolute Gasteiger partial charge is 0.295 e. The molecule has 0 amide bonds. The molecular weight excluding hydrogens is 196 g/mol. The number of allylic oxidation sites excluding steroid dienone is 2. The van der Waals surface area contributed by atoms with Crippen LogP contribution in [0.25, 0.3) is 0 Å². The normalized spacial score (nSPS) is 36.6. The monoisotopic (exact) mass is 220 g/mol. The van der Waals surface area contributed by atoms with Crippen LogP contribution in [0.3, 0.4) is 0 Å². The van der Waals surface area contributed by atoms with Crippen molar-refractivity contribution in [1.82, 2.24) is 0 Å². The zero-order valence-electron chi connectivity index (χ0n) is 11.1. The van der Waals surface area contributed by atoms with Crippen molar-refractivity contribution >= 4 is 5.78 Å². The molecule has 1 atom stereocenters. The van der Waals surface area contributed by atoms with Crippen molar-refractivity contribution in [3.8, 4) is 0 Å². The second-order valence-corrected chi connectivity index (χ2v) is 6.89. The Morgan fingerprint density at radius 3 is 2.44 bits per heavy atom. The van der Waals surface area contributed by atoms with Crippen LogP contribution in [0.5, 0.6) is 0 Å². The Kier molecular flexibility index (Phi) is 2.56. The summed E-state index contributed by atoms with van der Waals surface area (Å²) in [4.78, 5) is 11.7. The van der Waals surface area contributed by atoms with Gasteiger partial charge in [-0.2, -0.15) is 0 Å². The minimum atomic E-state index is 0.223. The average Bonchev–Trinajstić information content (AvgIpc) is 2.15. The summed E-state index contributed by atoms with van der Waals surface area (Å²) in [6.07, 6.45) is 9.53. The topological polar surface area (TPSA) is 17.1 Å². The van der Waals surface area contributed by atoms with Crippen LogP contribution >= 0.6 is 0 Å². The molecule has 0 N–H and O–H groups in total. The van der Waals surface area contributed by atoms with E-state index < -0.39 is 0 Å². The van der Waals surface area contributed by atoms with Crippen LogP contribution in [-0.2, 0) is 4.79 Å². The van der Waals surface area contributed by atoms with Crippen molar-refractivity contribution in [1.29, 1.82) is 0 Å². The molecule has 0 aliphatic heterocycles. The first-order chi connectivity index (χ1) is 7.31. The van der Waals surface area contributed by atoms with Gasteiger partial charge >= 0.3 is 0 Å². The summed E-state index contributed by atoms with van der Waals surface area (Å²) in [5.41, 5.74) is 0.815. The Balaban J connectivity index is 2.40. The van der Waals surface area contributed by atoms with Crippen LogP contribution in [0.15, 0.2) is 12.2 Å². The molecule has 0 aromatic carbocycles. The molecule has 2 rings (SSSR count). The third-order valence-corrected chi connectivity index (χ3v) is 5.80. The number of ketones is 1. The molecule has 90 valence electrons. The summed E-state index contributed by atoms with van der Waals surface area (Å²) < 4.78 is 0. The van der Waals surface area contributed by atoms with E-state index in [2.05, 4.69) is 33.8 Å². The van der Waals surface area contributed by atoms with Crippen LogP contribution in [0.1, 0.15) is 59.8 Å². The average molecular weight is 220 g/mol. The summed E-state index contributed by atoms with van der Waals surface area (Å²) in [5, 5.41) is 0. The Bertz CT molecular complexity index is 335. The Morgan fingerprint density at radius 2 is 1.81 bits per heavy atom. The SMILES string of the molecule is CC1(C)CCCC2(CC=CC(=O)C2)C1(C)C. The Hall–Kier alpha value is -0.590. The highest BCUT2D eigenvalue weighted by molar-refractivity contribution is 5.91. The van der Waals surface area contributed by atoms with Crippen molar-refractivity contribution in [2.75, 3.05) is 0 Å². The first-order valence-electron chi connectivity index (χ1n) is 6.50. The van der Waals surface area contributed by atoms with Crippen LogP contribution in [0, 0.1) is 16.2 Å². The van der Waals surface area contributed by atoms with Gasteiger partial charge in [-0.1, -0.05) is 40.2 Å². The highest BCUT2D eigenvalue weighted by Crippen LogP contribution is 2.63. The molecule has 0 aromatic rings. The minimum Gasteiger partial charge on any atom is -0.295 e.